The second-order valence-electron chi connectivity index (χ2n) is 3.34. The van der Waals surface area contributed by atoms with Crippen LogP contribution in [0.3, 0.4) is 0 Å². The van der Waals surface area contributed by atoms with E-state index in [1.54, 1.807) is 10.9 Å². The molecule has 4 heteroatoms. The zero-order chi connectivity index (χ0) is 10.4. The fraction of sp³-hybridized carbons (Fsp3) is 0.700. The van der Waals surface area contributed by atoms with Crippen LogP contribution in [0.25, 0.3) is 0 Å². The monoisotopic (exact) mass is 199 g/mol. The highest BCUT2D eigenvalue weighted by Gasteiger charge is 2.04. The minimum absolute atomic E-state index is 0.349. The van der Waals surface area contributed by atoms with Gasteiger partial charge in [0.15, 0.2) is 0 Å². The molecule has 14 heavy (non-hydrogen) atoms. The zero-order valence-corrected chi connectivity index (χ0v) is 8.89. The summed E-state index contributed by atoms with van der Waals surface area (Å²) in [6, 6.07) is 0. The average Bonchev–Trinajstić information content (AvgIpc) is 2.51. The summed E-state index contributed by atoms with van der Waals surface area (Å²) in [6.07, 6.45) is 4.08. The Morgan fingerprint density at radius 1 is 1.57 bits per heavy atom. The Morgan fingerprint density at radius 3 is 3.00 bits per heavy atom. The van der Waals surface area contributed by atoms with Gasteiger partial charge in [-0.3, -0.25) is 4.68 Å². The largest absolute Gasteiger partial charge is 0.382 e. The number of hydrogen-bond donors (Lipinski definition) is 1. The summed E-state index contributed by atoms with van der Waals surface area (Å²) in [6.45, 7) is 5.05. The Balaban J connectivity index is 2.51. The molecule has 1 N–H and O–H groups in total. The van der Waals surface area contributed by atoms with Gasteiger partial charge in [-0.2, -0.15) is 5.10 Å². The molecule has 1 aromatic heterocycles. The quantitative estimate of drug-likeness (QED) is 0.713. The molecule has 0 atom stereocenters. The summed E-state index contributed by atoms with van der Waals surface area (Å²) in [7, 11) is 0. The van der Waals surface area contributed by atoms with Gasteiger partial charge >= 0.3 is 0 Å². The summed E-state index contributed by atoms with van der Waals surface area (Å²) >= 11 is 0. The first kappa shape index (κ1) is 11.0. The van der Waals surface area contributed by atoms with Crippen molar-refractivity contribution in [2.75, 3.05) is 18.5 Å². The standard InChI is InChI=1S/C10H18FN3/c1-3-4-6-12-10-8-13-14(7-5-11)9(10)2/h8,12H,3-7H2,1-2H3. The van der Waals surface area contributed by atoms with Crippen molar-refractivity contribution in [2.45, 2.75) is 33.2 Å². The fourth-order valence-electron chi connectivity index (χ4n) is 1.33. The smallest absolute Gasteiger partial charge is 0.109 e. The zero-order valence-electron chi connectivity index (χ0n) is 8.89. The van der Waals surface area contributed by atoms with Crippen LogP contribution in [-0.4, -0.2) is 23.0 Å². The molecule has 1 aromatic rings. The maximum Gasteiger partial charge on any atom is 0.109 e. The number of rotatable bonds is 6. The lowest BCUT2D eigenvalue weighted by Gasteiger charge is -2.05. The molecule has 1 rings (SSSR count). The van der Waals surface area contributed by atoms with E-state index < -0.39 is 0 Å². The molecule has 0 unspecified atom stereocenters. The van der Waals surface area contributed by atoms with Gasteiger partial charge in [0.1, 0.15) is 6.67 Å². The Hall–Kier alpha value is -1.06. The van der Waals surface area contributed by atoms with Gasteiger partial charge in [-0.05, 0) is 13.3 Å². The molecular weight excluding hydrogens is 181 g/mol. The van der Waals surface area contributed by atoms with E-state index in [2.05, 4.69) is 17.3 Å². The number of aromatic nitrogens is 2. The van der Waals surface area contributed by atoms with E-state index in [0.717, 1.165) is 24.3 Å². The maximum atomic E-state index is 12.1. The predicted octanol–water partition coefficient (Wildman–Crippen LogP) is 2.37. The number of unbranched alkanes of at least 4 members (excludes halogenated alkanes) is 1. The van der Waals surface area contributed by atoms with Crippen molar-refractivity contribution in [3.8, 4) is 0 Å². The van der Waals surface area contributed by atoms with Gasteiger partial charge < -0.3 is 5.32 Å². The first-order valence-corrected chi connectivity index (χ1v) is 5.11. The van der Waals surface area contributed by atoms with Crippen LogP contribution in [0.15, 0.2) is 6.20 Å². The van der Waals surface area contributed by atoms with Crippen LogP contribution in [0.1, 0.15) is 25.5 Å². The van der Waals surface area contributed by atoms with Crippen molar-refractivity contribution in [1.29, 1.82) is 0 Å². The van der Waals surface area contributed by atoms with Gasteiger partial charge in [-0.1, -0.05) is 13.3 Å². The maximum absolute atomic E-state index is 12.1. The van der Waals surface area contributed by atoms with E-state index in [-0.39, 0.29) is 6.67 Å². The Morgan fingerprint density at radius 2 is 2.36 bits per heavy atom. The number of aryl methyl sites for hydroxylation is 1. The first-order chi connectivity index (χ1) is 6.79. The molecule has 0 saturated carbocycles. The van der Waals surface area contributed by atoms with E-state index >= 15 is 0 Å². The number of halogens is 1. The Kier molecular flexibility index (Phi) is 4.43. The summed E-state index contributed by atoms with van der Waals surface area (Å²) in [5.74, 6) is 0. The number of alkyl halides is 1. The first-order valence-electron chi connectivity index (χ1n) is 5.11. The van der Waals surface area contributed by atoms with Gasteiger partial charge in [0.25, 0.3) is 0 Å². The van der Waals surface area contributed by atoms with Gasteiger partial charge in [-0.15, -0.1) is 0 Å². The molecule has 0 aromatic carbocycles. The summed E-state index contributed by atoms with van der Waals surface area (Å²) in [5, 5.41) is 7.39. The Bertz CT molecular complexity index is 270. The van der Waals surface area contributed by atoms with E-state index in [4.69, 9.17) is 0 Å². The molecule has 1 heterocycles. The van der Waals surface area contributed by atoms with Crippen LogP contribution in [0, 0.1) is 6.92 Å². The van der Waals surface area contributed by atoms with E-state index in [1.807, 2.05) is 6.92 Å². The average molecular weight is 199 g/mol. The van der Waals surface area contributed by atoms with Crippen molar-refractivity contribution in [3.05, 3.63) is 11.9 Å². The van der Waals surface area contributed by atoms with Crippen molar-refractivity contribution in [3.63, 3.8) is 0 Å². The lowest BCUT2D eigenvalue weighted by Crippen LogP contribution is -2.05. The molecule has 0 aliphatic heterocycles. The number of hydrogen-bond acceptors (Lipinski definition) is 2. The molecule has 0 fully saturated rings. The van der Waals surface area contributed by atoms with Crippen LogP contribution in [-0.2, 0) is 6.54 Å². The SMILES string of the molecule is CCCCNc1cnn(CCF)c1C. The van der Waals surface area contributed by atoms with Gasteiger partial charge in [0.2, 0.25) is 0 Å². The molecule has 0 aliphatic rings. The van der Waals surface area contributed by atoms with Gasteiger partial charge in [-0.25, -0.2) is 4.39 Å². The second-order valence-corrected chi connectivity index (χ2v) is 3.34. The third-order valence-corrected chi connectivity index (χ3v) is 2.25. The molecule has 0 bridgehead atoms. The van der Waals surface area contributed by atoms with E-state index in [1.165, 1.54) is 6.42 Å². The number of nitrogens with zero attached hydrogens (tertiary/aromatic N) is 2. The van der Waals surface area contributed by atoms with Crippen molar-refractivity contribution in [1.82, 2.24) is 9.78 Å². The van der Waals surface area contributed by atoms with Crippen molar-refractivity contribution in [2.24, 2.45) is 0 Å². The highest BCUT2D eigenvalue weighted by Crippen LogP contribution is 2.13. The van der Waals surface area contributed by atoms with Gasteiger partial charge in [0, 0.05) is 6.54 Å². The number of nitrogens with one attached hydrogen (secondary N) is 1. The third-order valence-electron chi connectivity index (χ3n) is 2.25. The van der Waals surface area contributed by atoms with E-state index in [0.29, 0.717) is 6.54 Å². The topological polar surface area (TPSA) is 29.9 Å². The van der Waals surface area contributed by atoms with Crippen molar-refractivity contribution >= 4 is 5.69 Å². The van der Waals surface area contributed by atoms with Crippen LogP contribution >= 0.6 is 0 Å². The highest BCUT2D eigenvalue weighted by molar-refractivity contribution is 5.45. The minimum atomic E-state index is -0.364. The van der Waals surface area contributed by atoms with Crippen molar-refractivity contribution < 1.29 is 4.39 Å². The molecule has 0 aliphatic carbocycles. The minimum Gasteiger partial charge on any atom is -0.382 e. The molecule has 0 radical (unpaired) electrons. The van der Waals surface area contributed by atoms with E-state index in [9.17, 15) is 4.39 Å². The second kappa shape index (κ2) is 5.62. The molecule has 80 valence electrons. The summed E-state index contributed by atoms with van der Waals surface area (Å²) < 4.78 is 13.8. The predicted molar refractivity (Wildman–Crippen MR) is 56.3 cm³/mol. The molecule has 0 amide bonds. The fourth-order valence-corrected chi connectivity index (χ4v) is 1.33. The summed E-state index contributed by atoms with van der Waals surface area (Å²) in [5.41, 5.74) is 2.03. The molecular formula is C10H18FN3. The van der Waals surface area contributed by atoms with Gasteiger partial charge in [0.05, 0.1) is 24.1 Å². The summed E-state index contributed by atoms with van der Waals surface area (Å²) in [4.78, 5) is 0. The van der Waals surface area contributed by atoms with Crippen LogP contribution < -0.4 is 5.32 Å². The highest BCUT2D eigenvalue weighted by atomic mass is 19.1. The van der Waals surface area contributed by atoms with Crippen LogP contribution in [0.2, 0.25) is 0 Å². The normalized spacial score (nSPS) is 10.5. The molecule has 0 saturated heterocycles. The third kappa shape index (κ3) is 2.72. The van der Waals surface area contributed by atoms with Crippen LogP contribution in [0.4, 0.5) is 10.1 Å². The Labute approximate surface area is 84.3 Å². The molecule has 3 nitrogen and oxygen atoms in total. The lowest BCUT2D eigenvalue weighted by atomic mass is 10.3. The molecule has 0 spiro atoms. The van der Waals surface area contributed by atoms with Crippen LogP contribution in [0.5, 0.6) is 0 Å². The lowest BCUT2D eigenvalue weighted by molar-refractivity contribution is 0.423. The number of anilines is 1.